The molecule has 4 aromatic rings. The van der Waals surface area contributed by atoms with E-state index < -0.39 is 0 Å². The molecule has 152 valence electrons. The summed E-state index contributed by atoms with van der Waals surface area (Å²) in [5.41, 5.74) is 0.984. The first-order valence-corrected chi connectivity index (χ1v) is 10.7. The first kappa shape index (κ1) is 18.7. The van der Waals surface area contributed by atoms with Crippen LogP contribution in [-0.4, -0.2) is 42.5 Å². The van der Waals surface area contributed by atoms with Gasteiger partial charge in [0.05, 0.1) is 16.3 Å². The van der Waals surface area contributed by atoms with Crippen LogP contribution >= 0.6 is 11.3 Å². The minimum absolute atomic E-state index is 0.0132. The highest BCUT2D eigenvalue weighted by Gasteiger charge is 2.32. The fourth-order valence-electron chi connectivity index (χ4n) is 3.63. The average Bonchev–Trinajstić information content (AvgIpc) is 3.51. The van der Waals surface area contributed by atoms with Crippen molar-refractivity contribution in [2.75, 3.05) is 6.54 Å². The van der Waals surface area contributed by atoms with Gasteiger partial charge in [-0.2, -0.15) is 4.80 Å². The molecule has 5 rings (SSSR count). The second kappa shape index (κ2) is 8.19. The van der Waals surface area contributed by atoms with Crippen molar-refractivity contribution in [2.45, 2.75) is 32.0 Å². The smallest absolute Gasteiger partial charge is 0.246 e. The number of carbonyl (C=O) groups is 1. The molecule has 0 radical (unpaired) electrons. The number of aromatic nitrogens is 5. The van der Waals surface area contributed by atoms with Gasteiger partial charge in [0.25, 0.3) is 0 Å². The molecule has 3 heterocycles. The highest BCUT2D eigenvalue weighted by atomic mass is 32.1. The number of tetrazole rings is 1. The zero-order valence-electron chi connectivity index (χ0n) is 16.2. The molecule has 1 amide bonds. The summed E-state index contributed by atoms with van der Waals surface area (Å²) < 4.78 is 6.78. The Hall–Kier alpha value is -3.33. The highest BCUT2D eigenvalue weighted by molar-refractivity contribution is 7.18. The molecule has 1 atom stereocenters. The number of thiazole rings is 1. The van der Waals surface area contributed by atoms with E-state index in [-0.39, 0.29) is 25.1 Å². The van der Waals surface area contributed by atoms with Gasteiger partial charge in [0.1, 0.15) is 17.3 Å². The molecule has 0 unspecified atom stereocenters. The van der Waals surface area contributed by atoms with Crippen LogP contribution < -0.4 is 4.74 Å². The highest BCUT2D eigenvalue weighted by Crippen LogP contribution is 2.36. The van der Waals surface area contributed by atoms with E-state index in [0.717, 1.165) is 40.4 Å². The van der Waals surface area contributed by atoms with Crippen molar-refractivity contribution in [2.24, 2.45) is 0 Å². The number of nitrogens with zero attached hydrogens (tertiary/aromatic N) is 6. The summed E-state index contributed by atoms with van der Waals surface area (Å²) in [7, 11) is 0. The van der Waals surface area contributed by atoms with E-state index in [1.54, 1.807) is 11.3 Å². The summed E-state index contributed by atoms with van der Waals surface area (Å²) in [6.45, 7) is 0.980. The minimum atomic E-state index is -0.0234. The quantitative estimate of drug-likeness (QED) is 0.476. The van der Waals surface area contributed by atoms with Crippen LogP contribution in [-0.2, 0) is 17.9 Å². The van der Waals surface area contributed by atoms with Gasteiger partial charge in [0.2, 0.25) is 11.7 Å². The number of likely N-dealkylation sites (tertiary alicyclic amines) is 1. The molecular formula is C21H20N6O2S. The molecule has 0 aliphatic carbocycles. The predicted octanol–water partition coefficient (Wildman–Crippen LogP) is 3.23. The van der Waals surface area contributed by atoms with E-state index in [2.05, 4.69) is 21.5 Å². The molecule has 1 saturated heterocycles. The fourth-order valence-corrected chi connectivity index (χ4v) is 4.75. The first-order chi connectivity index (χ1) is 14.8. The normalized spacial score (nSPS) is 16.3. The van der Waals surface area contributed by atoms with Crippen molar-refractivity contribution in [3.63, 3.8) is 0 Å². The molecule has 30 heavy (non-hydrogen) atoms. The molecule has 2 aromatic carbocycles. The second-order valence-electron chi connectivity index (χ2n) is 7.10. The third kappa shape index (κ3) is 3.88. The standard InChI is InChI=1S/C21H20N6O2S/c28-20(13-27-24-19(23-25-27)14-29-15-7-2-1-3-8-15)26-12-6-10-17(26)21-22-16-9-4-5-11-18(16)30-21/h1-5,7-9,11,17H,6,10,12-14H2/t17-/m0/s1. The van der Waals surface area contributed by atoms with Gasteiger partial charge in [-0.05, 0) is 42.3 Å². The second-order valence-corrected chi connectivity index (χ2v) is 8.17. The van der Waals surface area contributed by atoms with Crippen molar-refractivity contribution in [1.82, 2.24) is 30.1 Å². The Morgan fingerprint density at radius 2 is 1.97 bits per heavy atom. The van der Waals surface area contributed by atoms with Gasteiger partial charge in [-0.3, -0.25) is 4.79 Å². The Bertz CT molecular complexity index is 1130. The van der Waals surface area contributed by atoms with Crippen LogP contribution in [0.4, 0.5) is 0 Å². The summed E-state index contributed by atoms with van der Waals surface area (Å²) in [5.74, 6) is 1.15. The maximum Gasteiger partial charge on any atom is 0.246 e. The molecule has 1 aliphatic rings. The Balaban J connectivity index is 1.24. The lowest BCUT2D eigenvalue weighted by atomic mass is 10.2. The van der Waals surface area contributed by atoms with E-state index in [1.165, 1.54) is 4.80 Å². The van der Waals surface area contributed by atoms with Gasteiger partial charge in [-0.1, -0.05) is 30.3 Å². The summed E-state index contributed by atoms with van der Waals surface area (Å²) in [5, 5.41) is 13.3. The van der Waals surface area contributed by atoms with Crippen molar-refractivity contribution < 1.29 is 9.53 Å². The lowest BCUT2D eigenvalue weighted by Crippen LogP contribution is -2.34. The van der Waals surface area contributed by atoms with Gasteiger partial charge in [0, 0.05) is 6.54 Å². The number of ether oxygens (including phenoxy) is 1. The van der Waals surface area contributed by atoms with Gasteiger partial charge in [0.15, 0.2) is 6.61 Å². The van der Waals surface area contributed by atoms with Crippen molar-refractivity contribution in [3.8, 4) is 5.75 Å². The van der Waals surface area contributed by atoms with Crippen LogP contribution in [0.3, 0.4) is 0 Å². The van der Waals surface area contributed by atoms with Crippen LogP contribution in [0.5, 0.6) is 5.75 Å². The van der Waals surface area contributed by atoms with E-state index >= 15 is 0 Å². The Kier molecular flexibility index (Phi) is 5.10. The SMILES string of the molecule is O=C(Cn1nnc(COc2ccccc2)n1)N1CCC[C@H]1c1nc2ccccc2s1. The van der Waals surface area contributed by atoms with E-state index in [0.29, 0.717) is 5.82 Å². The Labute approximate surface area is 177 Å². The van der Waals surface area contributed by atoms with Gasteiger partial charge < -0.3 is 9.64 Å². The number of benzene rings is 2. The number of carbonyl (C=O) groups excluding carboxylic acids is 1. The molecule has 1 aliphatic heterocycles. The van der Waals surface area contributed by atoms with Gasteiger partial charge in [-0.15, -0.1) is 21.5 Å². The molecule has 0 spiro atoms. The van der Waals surface area contributed by atoms with Gasteiger partial charge in [-0.25, -0.2) is 4.98 Å². The molecular weight excluding hydrogens is 400 g/mol. The number of amides is 1. The summed E-state index contributed by atoms with van der Waals surface area (Å²) >= 11 is 1.66. The number of rotatable bonds is 6. The zero-order valence-corrected chi connectivity index (χ0v) is 17.0. The minimum Gasteiger partial charge on any atom is -0.485 e. The number of fused-ring (bicyclic) bond motifs is 1. The monoisotopic (exact) mass is 420 g/mol. The Morgan fingerprint density at radius 1 is 1.13 bits per heavy atom. The Morgan fingerprint density at radius 3 is 2.83 bits per heavy atom. The van der Waals surface area contributed by atoms with E-state index in [9.17, 15) is 4.79 Å². The third-order valence-electron chi connectivity index (χ3n) is 5.05. The molecule has 2 aromatic heterocycles. The van der Waals surface area contributed by atoms with Crippen LogP contribution in [0, 0.1) is 0 Å². The first-order valence-electron chi connectivity index (χ1n) is 9.86. The maximum atomic E-state index is 12.9. The molecule has 1 fully saturated rings. The van der Waals surface area contributed by atoms with Crippen LogP contribution in [0.1, 0.15) is 29.7 Å². The average molecular weight is 420 g/mol. The number of para-hydroxylation sites is 2. The van der Waals surface area contributed by atoms with E-state index in [1.807, 2.05) is 53.4 Å². The van der Waals surface area contributed by atoms with Crippen LogP contribution in [0.2, 0.25) is 0 Å². The maximum absolute atomic E-state index is 12.9. The third-order valence-corrected chi connectivity index (χ3v) is 6.19. The zero-order chi connectivity index (χ0) is 20.3. The molecule has 0 saturated carbocycles. The molecule has 8 nitrogen and oxygen atoms in total. The molecule has 0 bridgehead atoms. The van der Waals surface area contributed by atoms with Crippen molar-refractivity contribution in [3.05, 3.63) is 65.4 Å². The van der Waals surface area contributed by atoms with Gasteiger partial charge >= 0.3 is 0 Å². The van der Waals surface area contributed by atoms with E-state index in [4.69, 9.17) is 9.72 Å². The molecule has 0 N–H and O–H groups in total. The number of hydrogen-bond donors (Lipinski definition) is 0. The topological polar surface area (TPSA) is 86.0 Å². The molecule has 9 heteroatoms. The lowest BCUT2D eigenvalue weighted by Gasteiger charge is -2.22. The fraction of sp³-hybridized carbons (Fsp3) is 0.286. The van der Waals surface area contributed by atoms with Crippen molar-refractivity contribution >= 4 is 27.5 Å². The number of hydrogen-bond acceptors (Lipinski definition) is 7. The summed E-state index contributed by atoms with van der Waals surface area (Å²) in [6.07, 6.45) is 1.89. The van der Waals surface area contributed by atoms with Crippen LogP contribution in [0.15, 0.2) is 54.6 Å². The van der Waals surface area contributed by atoms with Crippen LogP contribution in [0.25, 0.3) is 10.2 Å². The summed E-state index contributed by atoms with van der Waals surface area (Å²) in [4.78, 5) is 20.9. The predicted molar refractivity (Wildman–Crippen MR) is 112 cm³/mol. The largest absolute Gasteiger partial charge is 0.485 e. The van der Waals surface area contributed by atoms with Crippen molar-refractivity contribution in [1.29, 1.82) is 0 Å². The lowest BCUT2D eigenvalue weighted by molar-refractivity contribution is -0.133. The summed E-state index contributed by atoms with van der Waals surface area (Å²) in [6, 6.07) is 17.5.